The maximum absolute atomic E-state index is 8.60. The van der Waals surface area contributed by atoms with Gasteiger partial charge in [-0.25, -0.2) is 4.98 Å². The van der Waals surface area contributed by atoms with E-state index in [4.69, 9.17) is 10.00 Å². The van der Waals surface area contributed by atoms with Crippen molar-refractivity contribution < 1.29 is 4.74 Å². The predicted octanol–water partition coefficient (Wildman–Crippen LogP) is 1.79. The van der Waals surface area contributed by atoms with Crippen LogP contribution in [0, 0.1) is 11.3 Å². The van der Waals surface area contributed by atoms with Crippen molar-refractivity contribution in [2.75, 3.05) is 18.5 Å². The SMILES string of the molecule is CCOCC(C)Nc1ccc(C#N)cn1. The summed E-state index contributed by atoms with van der Waals surface area (Å²) < 4.78 is 5.27. The average Bonchev–Trinajstić information content (AvgIpc) is 2.27. The lowest BCUT2D eigenvalue weighted by Gasteiger charge is -2.13. The molecule has 80 valence electrons. The zero-order valence-electron chi connectivity index (χ0n) is 9.03. The van der Waals surface area contributed by atoms with Gasteiger partial charge in [-0.15, -0.1) is 0 Å². The second-order valence-electron chi connectivity index (χ2n) is 3.25. The van der Waals surface area contributed by atoms with Gasteiger partial charge in [0, 0.05) is 18.8 Å². The van der Waals surface area contributed by atoms with Crippen LogP contribution in [0.3, 0.4) is 0 Å². The second-order valence-corrected chi connectivity index (χ2v) is 3.25. The van der Waals surface area contributed by atoms with Crippen LogP contribution in [-0.2, 0) is 4.74 Å². The highest BCUT2D eigenvalue weighted by Crippen LogP contribution is 2.05. The molecule has 0 amide bonds. The summed E-state index contributed by atoms with van der Waals surface area (Å²) in [6, 6.07) is 5.77. The molecule has 0 bridgehead atoms. The Morgan fingerprint density at radius 2 is 2.40 bits per heavy atom. The number of hydrogen-bond donors (Lipinski definition) is 1. The molecule has 1 aromatic heterocycles. The van der Waals surface area contributed by atoms with Crippen LogP contribution in [0.15, 0.2) is 18.3 Å². The zero-order valence-corrected chi connectivity index (χ0v) is 9.03. The summed E-state index contributed by atoms with van der Waals surface area (Å²) >= 11 is 0. The Kier molecular flexibility index (Phi) is 4.58. The van der Waals surface area contributed by atoms with Crippen molar-refractivity contribution in [3.05, 3.63) is 23.9 Å². The second kappa shape index (κ2) is 5.99. The third kappa shape index (κ3) is 3.96. The van der Waals surface area contributed by atoms with Gasteiger partial charge in [0.2, 0.25) is 0 Å². The lowest BCUT2D eigenvalue weighted by atomic mass is 10.3. The number of nitriles is 1. The number of ether oxygens (including phenoxy) is 1. The van der Waals surface area contributed by atoms with Crippen molar-refractivity contribution in [2.45, 2.75) is 19.9 Å². The van der Waals surface area contributed by atoms with E-state index in [1.54, 1.807) is 18.3 Å². The number of nitrogens with zero attached hydrogens (tertiary/aromatic N) is 2. The van der Waals surface area contributed by atoms with Gasteiger partial charge in [0.25, 0.3) is 0 Å². The molecule has 15 heavy (non-hydrogen) atoms. The van der Waals surface area contributed by atoms with Crippen LogP contribution in [0.4, 0.5) is 5.82 Å². The van der Waals surface area contributed by atoms with Crippen LogP contribution in [0.2, 0.25) is 0 Å². The molecule has 0 saturated carbocycles. The minimum atomic E-state index is 0.213. The third-order valence-electron chi connectivity index (χ3n) is 1.86. The van der Waals surface area contributed by atoms with Crippen molar-refractivity contribution in [1.29, 1.82) is 5.26 Å². The molecule has 1 N–H and O–H groups in total. The van der Waals surface area contributed by atoms with Gasteiger partial charge in [-0.1, -0.05) is 0 Å². The van der Waals surface area contributed by atoms with Crippen molar-refractivity contribution >= 4 is 5.82 Å². The van der Waals surface area contributed by atoms with Crippen LogP contribution in [0.1, 0.15) is 19.4 Å². The molecule has 0 radical (unpaired) electrons. The van der Waals surface area contributed by atoms with Crippen LogP contribution >= 0.6 is 0 Å². The molecular formula is C11H15N3O. The largest absolute Gasteiger partial charge is 0.380 e. The van der Waals surface area contributed by atoms with Gasteiger partial charge in [-0.05, 0) is 26.0 Å². The Bertz CT molecular complexity index is 329. The zero-order chi connectivity index (χ0) is 11.1. The number of pyridine rings is 1. The first-order valence-electron chi connectivity index (χ1n) is 4.96. The summed E-state index contributed by atoms with van der Waals surface area (Å²) in [5.41, 5.74) is 0.568. The highest BCUT2D eigenvalue weighted by Gasteiger charge is 2.02. The Balaban J connectivity index is 2.47. The van der Waals surface area contributed by atoms with E-state index in [1.165, 1.54) is 0 Å². The molecule has 0 aromatic carbocycles. The highest BCUT2D eigenvalue weighted by molar-refractivity contribution is 5.39. The first-order valence-corrected chi connectivity index (χ1v) is 4.96. The summed E-state index contributed by atoms with van der Waals surface area (Å²) in [6.07, 6.45) is 1.55. The fraction of sp³-hybridized carbons (Fsp3) is 0.455. The Labute approximate surface area is 89.9 Å². The van der Waals surface area contributed by atoms with Crippen molar-refractivity contribution in [1.82, 2.24) is 4.98 Å². The van der Waals surface area contributed by atoms with E-state index < -0.39 is 0 Å². The molecule has 0 fully saturated rings. The quantitative estimate of drug-likeness (QED) is 0.796. The lowest BCUT2D eigenvalue weighted by molar-refractivity contribution is 0.141. The van der Waals surface area contributed by atoms with E-state index in [2.05, 4.69) is 10.3 Å². The van der Waals surface area contributed by atoms with E-state index >= 15 is 0 Å². The van der Waals surface area contributed by atoms with Crippen molar-refractivity contribution in [3.63, 3.8) is 0 Å². The van der Waals surface area contributed by atoms with Crippen LogP contribution < -0.4 is 5.32 Å². The minimum Gasteiger partial charge on any atom is -0.380 e. The Morgan fingerprint density at radius 3 is 2.93 bits per heavy atom. The molecule has 4 heteroatoms. The lowest BCUT2D eigenvalue weighted by Crippen LogP contribution is -2.22. The number of rotatable bonds is 5. The van der Waals surface area contributed by atoms with E-state index in [1.807, 2.05) is 19.9 Å². The molecule has 1 aromatic rings. The van der Waals surface area contributed by atoms with Crippen LogP contribution in [0.5, 0.6) is 0 Å². The van der Waals surface area contributed by atoms with E-state index in [0.29, 0.717) is 18.8 Å². The highest BCUT2D eigenvalue weighted by atomic mass is 16.5. The molecule has 0 spiro atoms. The Hall–Kier alpha value is -1.60. The molecule has 0 aliphatic heterocycles. The van der Waals surface area contributed by atoms with Gasteiger partial charge in [0.05, 0.1) is 12.2 Å². The first kappa shape index (κ1) is 11.5. The minimum absolute atomic E-state index is 0.213. The molecule has 1 heterocycles. The van der Waals surface area contributed by atoms with Crippen molar-refractivity contribution in [2.24, 2.45) is 0 Å². The van der Waals surface area contributed by atoms with Crippen LogP contribution in [-0.4, -0.2) is 24.2 Å². The molecular weight excluding hydrogens is 190 g/mol. The summed E-state index contributed by atoms with van der Waals surface area (Å²) in [5, 5.41) is 11.8. The molecule has 0 aliphatic rings. The summed E-state index contributed by atoms with van der Waals surface area (Å²) in [5.74, 6) is 0.765. The third-order valence-corrected chi connectivity index (χ3v) is 1.86. The van der Waals surface area contributed by atoms with E-state index in [0.717, 1.165) is 5.82 Å². The normalized spacial score (nSPS) is 11.8. The standard InChI is InChI=1S/C11H15N3O/c1-3-15-8-9(2)14-11-5-4-10(6-12)7-13-11/h4-5,7,9H,3,8H2,1-2H3,(H,13,14). The summed E-state index contributed by atoms with van der Waals surface area (Å²) in [7, 11) is 0. The van der Waals surface area contributed by atoms with Crippen molar-refractivity contribution in [3.8, 4) is 6.07 Å². The monoisotopic (exact) mass is 205 g/mol. The molecule has 0 aliphatic carbocycles. The fourth-order valence-corrected chi connectivity index (χ4v) is 1.13. The van der Waals surface area contributed by atoms with Gasteiger partial charge < -0.3 is 10.1 Å². The number of aromatic nitrogens is 1. The molecule has 4 nitrogen and oxygen atoms in total. The topological polar surface area (TPSA) is 57.9 Å². The van der Waals surface area contributed by atoms with Gasteiger partial charge in [0.15, 0.2) is 0 Å². The number of hydrogen-bond acceptors (Lipinski definition) is 4. The number of nitrogens with one attached hydrogen (secondary N) is 1. The average molecular weight is 205 g/mol. The smallest absolute Gasteiger partial charge is 0.126 e. The first-order chi connectivity index (χ1) is 7.26. The Morgan fingerprint density at radius 1 is 1.60 bits per heavy atom. The van der Waals surface area contributed by atoms with Crippen LogP contribution in [0.25, 0.3) is 0 Å². The fourth-order valence-electron chi connectivity index (χ4n) is 1.13. The maximum atomic E-state index is 8.60. The number of anilines is 1. The van der Waals surface area contributed by atoms with Gasteiger partial charge in [-0.3, -0.25) is 0 Å². The van der Waals surface area contributed by atoms with Gasteiger partial charge in [0.1, 0.15) is 11.9 Å². The summed E-state index contributed by atoms with van der Waals surface area (Å²) in [6.45, 7) is 5.35. The summed E-state index contributed by atoms with van der Waals surface area (Å²) in [4.78, 5) is 4.11. The van der Waals surface area contributed by atoms with E-state index in [9.17, 15) is 0 Å². The van der Waals surface area contributed by atoms with Gasteiger partial charge in [-0.2, -0.15) is 5.26 Å². The molecule has 1 rings (SSSR count). The van der Waals surface area contributed by atoms with Gasteiger partial charge >= 0.3 is 0 Å². The van der Waals surface area contributed by atoms with E-state index in [-0.39, 0.29) is 6.04 Å². The molecule has 1 atom stereocenters. The molecule has 0 saturated heterocycles. The molecule has 1 unspecified atom stereocenters. The maximum Gasteiger partial charge on any atom is 0.126 e. The predicted molar refractivity (Wildman–Crippen MR) is 58.5 cm³/mol.